The highest BCUT2D eigenvalue weighted by Gasteiger charge is 2.26. The van der Waals surface area contributed by atoms with Gasteiger partial charge in [-0.3, -0.25) is 9.48 Å². The summed E-state index contributed by atoms with van der Waals surface area (Å²) in [5, 5.41) is 22.1. The number of halogens is 1. The molecule has 5 rings (SSSR count). The molecule has 0 atom stereocenters. The third-order valence-corrected chi connectivity index (χ3v) is 5.87. The Kier molecular flexibility index (Phi) is 4.93. The summed E-state index contributed by atoms with van der Waals surface area (Å²) in [6, 6.07) is 11.4. The molecule has 160 valence electrons. The van der Waals surface area contributed by atoms with E-state index in [0.29, 0.717) is 33.3 Å². The van der Waals surface area contributed by atoms with Crippen LogP contribution in [0.25, 0.3) is 33.2 Å². The van der Waals surface area contributed by atoms with Gasteiger partial charge in [-0.1, -0.05) is 23.7 Å². The van der Waals surface area contributed by atoms with Crippen molar-refractivity contribution in [3.8, 4) is 34.2 Å². The van der Waals surface area contributed by atoms with Crippen molar-refractivity contribution in [3.63, 3.8) is 0 Å². The number of nitriles is 1. The molecule has 32 heavy (non-hydrogen) atoms. The van der Waals surface area contributed by atoms with Crippen LogP contribution in [0.2, 0.25) is 5.02 Å². The third-order valence-electron chi connectivity index (χ3n) is 5.57. The Hall–Kier alpha value is -3.67. The Bertz CT molecular complexity index is 1460. The molecule has 4 aromatic rings. The molecule has 1 aliphatic carbocycles. The first-order chi connectivity index (χ1) is 15.5. The van der Waals surface area contributed by atoms with E-state index in [4.69, 9.17) is 22.1 Å². The van der Waals surface area contributed by atoms with Crippen LogP contribution in [0.5, 0.6) is 5.75 Å². The lowest BCUT2D eigenvalue weighted by Gasteiger charge is -2.13. The third kappa shape index (κ3) is 3.32. The largest absolute Gasteiger partial charge is 0.489 e. The number of nitrogens with two attached hydrogens (primary N) is 1. The Balaban J connectivity index is 1.74. The highest BCUT2D eigenvalue weighted by Crippen LogP contribution is 2.40. The minimum Gasteiger partial charge on any atom is -0.489 e. The minimum atomic E-state index is -0.378. The van der Waals surface area contributed by atoms with E-state index in [1.54, 1.807) is 16.9 Å². The maximum absolute atomic E-state index is 12.3. The van der Waals surface area contributed by atoms with Crippen molar-refractivity contribution in [1.82, 2.24) is 20.0 Å². The number of hydrogen-bond acceptors (Lipinski definition) is 6. The van der Waals surface area contributed by atoms with Crippen LogP contribution in [0, 0.1) is 11.3 Å². The predicted molar refractivity (Wildman–Crippen MR) is 121 cm³/mol. The van der Waals surface area contributed by atoms with E-state index in [-0.39, 0.29) is 23.2 Å². The molecule has 1 aliphatic rings. The Morgan fingerprint density at radius 3 is 2.88 bits per heavy atom. The second-order valence-electron chi connectivity index (χ2n) is 7.72. The monoisotopic (exact) mass is 446 g/mol. The fraction of sp³-hybridized carbons (Fsp3) is 0.217. The molecule has 9 heteroatoms. The van der Waals surface area contributed by atoms with E-state index in [0.717, 1.165) is 29.7 Å². The first-order valence-corrected chi connectivity index (χ1v) is 10.5. The summed E-state index contributed by atoms with van der Waals surface area (Å²) >= 11 is 6.51. The lowest BCUT2D eigenvalue weighted by molar-refractivity contribution is 0.302. The van der Waals surface area contributed by atoms with Crippen LogP contribution < -0.4 is 16.0 Å². The van der Waals surface area contributed by atoms with Gasteiger partial charge in [0.05, 0.1) is 34.1 Å². The average molecular weight is 447 g/mol. The number of fused-ring (bicyclic) bond motifs is 1. The summed E-state index contributed by atoms with van der Waals surface area (Å²) in [5.41, 5.74) is 9.40. The van der Waals surface area contributed by atoms with Crippen molar-refractivity contribution in [1.29, 1.82) is 5.26 Å². The van der Waals surface area contributed by atoms with Gasteiger partial charge in [-0.15, -0.1) is 0 Å². The molecule has 0 unspecified atom stereocenters. The normalized spacial score (nSPS) is 13.3. The van der Waals surface area contributed by atoms with Crippen LogP contribution in [-0.4, -0.2) is 26.1 Å². The van der Waals surface area contributed by atoms with Gasteiger partial charge in [0, 0.05) is 30.1 Å². The van der Waals surface area contributed by atoms with Crippen molar-refractivity contribution < 1.29 is 4.74 Å². The lowest BCUT2D eigenvalue weighted by Crippen LogP contribution is -2.13. The van der Waals surface area contributed by atoms with Gasteiger partial charge < -0.3 is 10.5 Å². The molecule has 0 radical (unpaired) electrons. The molecular weight excluding hydrogens is 428 g/mol. The van der Waals surface area contributed by atoms with Gasteiger partial charge in [-0.25, -0.2) is 5.10 Å². The van der Waals surface area contributed by atoms with Gasteiger partial charge >= 0.3 is 0 Å². The molecule has 0 saturated heterocycles. The second-order valence-corrected chi connectivity index (χ2v) is 8.13. The van der Waals surface area contributed by atoms with Crippen molar-refractivity contribution in [2.75, 3.05) is 0 Å². The topological polar surface area (TPSA) is 123 Å². The number of nitrogens with one attached hydrogen (secondary N) is 1. The summed E-state index contributed by atoms with van der Waals surface area (Å²) in [5.74, 6) is 0.567. The molecule has 0 amide bonds. The average Bonchev–Trinajstić information content (AvgIpc) is 3.52. The highest BCUT2D eigenvalue weighted by atomic mass is 35.5. The molecule has 0 bridgehead atoms. The number of aryl methyl sites for hydroxylation is 1. The lowest BCUT2D eigenvalue weighted by atomic mass is 9.96. The fourth-order valence-corrected chi connectivity index (χ4v) is 4.19. The smallest absolute Gasteiger partial charge is 0.273 e. The summed E-state index contributed by atoms with van der Waals surface area (Å²) in [7, 11) is 1.81. The molecule has 3 N–H and O–H groups in total. The number of hydrogen-bond donors (Lipinski definition) is 2. The molecule has 2 aromatic heterocycles. The summed E-state index contributed by atoms with van der Waals surface area (Å²) in [4.78, 5) is 12.3. The molecular formula is C23H19ClN6O2. The molecule has 1 fully saturated rings. The zero-order valence-corrected chi connectivity index (χ0v) is 18.0. The second kappa shape index (κ2) is 7.79. The Labute approximate surface area is 188 Å². The van der Waals surface area contributed by atoms with Gasteiger partial charge in [-0.05, 0) is 36.6 Å². The Morgan fingerprint density at radius 1 is 1.34 bits per heavy atom. The molecule has 8 nitrogen and oxygen atoms in total. The number of aromatic amines is 1. The zero-order valence-electron chi connectivity index (χ0n) is 17.2. The number of rotatable bonds is 5. The van der Waals surface area contributed by atoms with Gasteiger partial charge in [0.1, 0.15) is 17.4 Å². The molecule has 0 spiro atoms. The maximum atomic E-state index is 12.3. The number of benzene rings is 2. The summed E-state index contributed by atoms with van der Waals surface area (Å²) in [6.45, 7) is 0.145. The SMILES string of the molecule is Cn1ncc(-c2cc(Cl)c3c(=O)[nH]nc(CN)c3c2)c1-c1cccc(OC2CC2)c1C#N. The Morgan fingerprint density at radius 2 is 2.16 bits per heavy atom. The van der Waals surface area contributed by atoms with Crippen molar-refractivity contribution in [2.45, 2.75) is 25.5 Å². The highest BCUT2D eigenvalue weighted by molar-refractivity contribution is 6.36. The first-order valence-electron chi connectivity index (χ1n) is 10.1. The molecule has 2 aromatic carbocycles. The summed E-state index contributed by atoms with van der Waals surface area (Å²) in [6.07, 6.45) is 3.88. The molecule has 1 saturated carbocycles. The van der Waals surface area contributed by atoms with Crippen molar-refractivity contribution >= 4 is 22.4 Å². The van der Waals surface area contributed by atoms with E-state index in [9.17, 15) is 10.1 Å². The summed E-state index contributed by atoms with van der Waals surface area (Å²) < 4.78 is 7.67. The van der Waals surface area contributed by atoms with Crippen LogP contribution in [0.4, 0.5) is 0 Å². The standard InChI is InChI=1S/C23H19ClN6O2/c1-30-22(14-3-2-4-20(16(14)9-25)32-13-5-6-13)17(11-27-30)12-7-15-19(10-26)28-29-23(31)21(15)18(24)8-12/h2-4,7-8,11,13H,5-6,10,26H2,1H3,(H,29,31). The number of nitrogens with zero attached hydrogens (tertiary/aromatic N) is 4. The van der Waals surface area contributed by atoms with E-state index in [2.05, 4.69) is 21.4 Å². The van der Waals surface area contributed by atoms with E-state index >= 15 is 0 Å². The first kappa shape index (κ1) is 20.2. The van der Waals surface area contributed by atoms with Gasteiger partial charge in [0.15, 0.2) is 0 Å². The van der Waals surface area contributed by atoms with Crippen LogP contribution in [0.1, 0.15) is 24.1 Å². The minimum absolute atomic E-state index is 0.145. The quantitative estimate of drug-likeness (QED) is 0.483. The van der Waals surface area contributed by atoms with Crippen LogP contribution in [0.3, 0.4) is 0 Å². The number of aromatic nitrogens is 4. The van der Waals surface area contributed by atoms with E-state index in [1.165, 1.54) is 0 Å². The van der Waals surface area contributed by atoms with Gasteiger partial charge in [0.25, 0.3) is 5.56 Å². The van der Waals surface area contributed by atoms with Crippen LogP contribution in [-0.2, 0) is 13.6 Å². The molecule has 2 heterocycles. The van der Waals surface area contributed by atoms with Crippen LogP contribution in [0.15, 0.2) is 41.3 Å². The number of ether oxygens (including phenoxy) is 1. The fourth-order valence-electron chi connectivity index (χ4n) is 3.89. The van der Waals surface area contributed by atoms with Gasteiger partial charge in [0.2, 0.25) is 0 Å². The van der Waals surface area contributed by atoms with Crippen LogP contribution >= 0.6 is 11.6 Å². The predicted octanol–water partition coefficient (Wildman–Crippen LogP) is 3.52. The number of H-pyrrole nitrogens is 1. The van der Waals surface area contributed by atoms with Crippen molar-refractivity contribution in [3.05, 3.63) is 63.2 Å². The molecule has 0 aliphatic heterocycles. The maximum Gasteiger partial charge on any atom is 0.273 e. The van der Waals surface area contributed by atoms with E-state index in [1.807, 2.05) is 31.3 Å². The van der Waals surface area contributed by atoms with E-state index < -0.39 is 0 Å². The van der Waals surface area contributed by atoms with Gasteiger partial charge in [-0.2, -0.15) is 15.5 Å². The zero-order chi connectivity index (χ0) is 22.4. The van der Waals surface area contributed by atoms with Crippen molar-refractivity contribution in [2.24, 2.45) is 12.8 Å².